The Bertz CT molecular complexity index is 573. The summed E-state index contributed by atoms with van der Waals surface area (Å²) in [6.07, 6.45) is 0. The van der Waals surface area contributed by atoms with Gasteiger partial charge in [0.1, 0.15) is 10.7 Å². The molecule has 0 aliphatic rings. The molecule has 6 nitrogen and oxygen atoms in total. The van der Waals surface area contributed by atoms with Crippen molar-refractivity contribution in [2.45, 2.75) is 26.8 Å². The van der Waals surface area contributed by atoms with Gasteiger partial charge < -0.3 is 10.3 Å². The van der Waals surface area contributed by atoms with E-state index in [4.69, 9.17) is 10.3 Å². The number of aromatic nitrogens is 2. The lowest BCUT2D eigenvalue weighted by Gasteiger charge is -1.99. The van der Waals surface area contributed by atoms with Crippen molar-refractivity contribution in [3.63, 3.8) is 0 Å². The van der Waals surface area contributed by atoms with Crippen molar-refractivity contribution in [2.75, 3.05) is 5.32 Å². The van der Waals surface area contributed by atoms with Gasteiger partial charge in [0.05, 0.1) is 11.7 Å². The van der Waals surface area contributed by atoms with Crippen molar-refractivity contribution in [3.8, 4) is 0 Å². The number of nitrogens with zero attached hydrogens (tertiary/aromatic N) is 2. The number of amides is 1. The van der Waals surface area contributed by atoms with E-state index in [9.17, 15) is 4.79 Å². The molecule has 0 saturated carbocycles. The largest absolute Gasteiger partial charge is 0.338 e. The maximum absolute atomic E-state index is 11.9. The fourth-order valence-corrected chi connectivity index (χ4v) is 2.06. The quantitative estimate of drug-likeness (QED) is 0.886. The molecule has 1 amide bonds. The molecule has 0 radical (unpaired) electrons. The third-order valence-corrected chi connectivity index (χ3v) is 3.57. The number of anilines is 1. The fourth-order valence-electron chi connectivity index (χ4n) is 1.30. The molecule has 0 aromatic carbocycles. The Labute approximate surface area is 108 Å². The number of nitrogens with one attached hydrogen (secondary N) is 1. The van der Waals surface area contributed by atoms with E-state index < -0.39 is 0 Å². The van der Waals surface area contributed by atoms with E-state index in [1.165, 1.54) is 11.3 Å². The lowest BCUT2D eigenvalue weighted by Crippen LogP contribution is -2.13. The topological polar surface area (TPSA) is 94.0 Å². The third kappa shape index (κ3) is 2.41. The lowest BCUT2D eigenvalue weighted by molar-refractivity contribution is 0.101. The highest BCUT2D eigenvalue weighted by Gasteiger charge is 2.16. The van der Waals surface area contributed by atoms with E-state index in [1.807, 2.05) is 20.8 Å². The van der Waals surface area contributed by atoms with Crippen molar-refractivity contribution < 1.29 is 9.32 Å². The van der Waals surface area contributed by atoms with Gasteiger partial charge in [-0.3, -0.25) is 10.1 Å². The molecule has 96 valence electrons. The average molecular weight is 266 g/mol. The van der Waals surface area contributed by atoms with Crippen molar-refractivity contribution in [1.29, 1.82) is 0 Å². The summed E-state index contributed by atoms with van der Waals surface area (Å²) in [7, 11) is 0. The number of thiazole rings is 1. The summed E-state index contributed by atoms with van der Waals surface area (Å²) in [6.45, 7) is 5.46. The summed E-state index contributed by atoms with van der Waals surface area (Å²) in [5, 5.41) is 8.80. The molecule has 2 heterocycles. The number of hydrogen-bond donors (Lipinski definition) is 2. The maximum atomic E-state index is 11.9. The molecule has 0 aliphatic carbocycles. The maximum Gasteiger partial charge on any atom is 0.277 e. The zero-order valence-electron chi connectivity index (χ0n) is 10.4. The molecule has 1 atom stereocenters. The summed E-state index contributed by atoms with van der Waals surface area (Å²) in [6, 6.07) is -0.175. The van der Waals surface area contributed by atoms with Crippen LogP contribution in [0.15, 0.2) is 9.90 Å². The van der Waals surface area contributed by atoms with Crippen LogP contribution >= 0.6 is 11.3 Å². The molecular formula is C11H14N4O2S. The minimum atomic E-state index is -0.322. The summed E-state index contributed by atoms with van der Waals surface area (Å²) < 4.78 is 5.01. The molecule has 0 aliphatic heterocycles. The average Bonchev–Trinajstić information content (AvgIpc) is 2.91. The van der Waals surface area contributed by atoms with Crippen LogP contribution in [-0.2, 0) is 0 Å². The van der Waals surface area contributed by atoms with Gasteiger partial charge in [0.15, 0.2) is 0 Å². The Morgan fingerprint density at radius 2 is 2.28 bits per heavy atom. The molecule has 0 bridgehead atoms. The van der Waals surface area contributed by atoms with E-state index in [1.54, 1.807) is 5.38 Å². The molecule has 0 saturated heterocycles. The van der Waals surface area contributed by atoms with Crippen LogP contribution in [0.25, 0.3) is 0 Å². The van der Waals surface area contributed by atoms with Gasteiger partial charge in [-0.2, -0.15) is 0 Å². The number of nitrogens with two attached hydrogens (primary N) is 1. The Morgan fingerprint density at radius 3 is 2.78 bits per heavy atom. The molecule has 0 fully saturated rings. The smallest absolute Gasteiger partial charge is 0.277 e. The molecule has 2 aromatic heterocycles. The Morgan fingerprint density at radius 1 is 1.56 bits per heavy atom. The second kappa shape index (κ2) is 4.87. The molecule has 1 unspecified atom stereocenters. The number of carbonyl (C=O) groups excluding carboxylic acids is 1. The molecule has 18 heavy (non-hydrogen) atoms. The predicted molar refractivity (Wildman–Crippen MR) is 68.6 cm³/mol. The van der Waals surface area contributed by atoms with Crippen molar-refractivity contribution in [3.05, 3.63) is 27.3 Å². The van der Waals surface area contributed by atoms with E-state index >= 15 is 0 Å². The number of hydrogen-bond acceptors (Lipinski definition) is 6. The van der Waals surface area contributed by atoms with Crippen LogP contribution in [0, 0.1) is 13.8 Å². The minimum Gasteiger partial charge on any atom is -0.338 e. The predicted octanol–water partition coefficient (Wildman–Crippen LogP) is 2.02. The van der Waals surface area contributed by atoms with E-state index in [-0.39, 0.29) is 11.9 Å². The highest BCUT2D eigenvalue weighted by molar-refractivity contribution is 7.09. The van der Waals surface area contributed by atoms with Crippen LogP contribution in [0.3, 0.4) is 0 Å². The fraction of sp³-hybridized carbons (Fsp3) is 0.364. The molecule has 0 spiro atoms. The monoisotopic (exact) mass is 266 g/mol. The zero-order chi connectivity index (χ0) is 13.3. The minimum absolute atomic E-state index is 0.175. The summed E-state index contributed by atoms with van der Waals surface area (Å²) >= 11 is 1.36. The lowest BCUT2D eigenvalue weighted by atomic mass is 10.3. The van der Waals surface area contributed by atoms with Gasteiger partial charge >= 0.3 is 0 Å². The van der Waals surface area contributed by atoms with E-state index in [2.05, 4.69) is 15.5 Å². The van der Waals surface area contributed by atoms with Crippen molar-refractivity contribution >= 4 is 23.1 Å². The second-order valence-electron chi connectivity index (χ2n) is 4.04. The van der Waals surface area contributed by atoms with Crippen LogP contribution < -0.4 is 11.1 Å². The first-order chi connectivity index (χ1) is 8.49. The molecule has 3 N–H and O–H groups in total. The molecule has 2 rings (SSSR count). The van der Waals surface area contributed by atoms with Gasteiger partial charge in [-0.15, -0.1) is 11.3 Å². The SMILES string of the molecule is Cc1noc(NC(=O)c2csc(C(C)N)n2)c1C. The molecular weight excluding hydrogens is 252 g/mol. The van der Waals surface area contributed by atoms with Gasteiger partial charge in [0.25, 0.3) is 5.91 Å². The van der Waals surface area contributed by atoms with Crippen LogP contribution in [-0.4, -0.2) is 16.0 Å². The van der Waals surface area contributed by atoms with Crippen LogP contribution in [0.4, 0.5) is 5.88 Å². The standard InChI is InChI=1S/C11H14N4O2S/c1-5-7(3)15-17-10(5)14-9(16)8-4-18-11(13-8)6(2)12/h4,6H,12H2,1-3H3,(H,14,16). The van der Waals surface area contributed by atoms with Gasteiger partial charge in [0.2, 0.25) is 5.88 Å². The Hall–Kier alpha value is -1.73. The van der Waals surface area contributed by atoms with Gasteiger partial charge in [-0.25, -0.2) is 4.98 Å². The van der Waals surface area contributed by atoms with Crippen LogP contribution in [0.1, 0.15) is 39.7 Å². The first kappa shape index (κ1) is 12.7. The molecule has 2 aromatic rings. The second-order valence-corrected chi connectivity index (χ2v) is 4.93. The number of aryl methyl sites for hydroxylation is 1. The van der Waals surface area contributed by atoms with Crippen LogP contribution in [0.5, 0.6) is 0 Å². The summed E-state index contributed by atoms with van der Waals surface area (Å²) in [5.74, 6) is 0.0326. The third-order valence-electron chi connectivity index (χ3n) is 2.53. The number of carbonyl (C=O) groups is 1. The van der Waals surface area contributed by atoms with Crippen molar-refractivity contribution in [1.82, 2.24) is 10.1 Å². The molecule has 7 heteroatoms. The highest BCUT2D eigenvalue weighted by atomic mass is 32.1. The van der Waals surface area contributed by atoms with Gasteiger partial charge in [-0.05, 0) is 20.8 Å². The van der Waals surface area contributed by atoms with Gasteiger partial charge in [-0.1, -0.05) is 5.16 Å². The van der Waals surface area contributed by atoms with E-state index in [0.29, 0.717) is 11.6 Å². The number of rotatable bonds is 3. The Balaban J connectivity index is 2.14. The first-order valence-corrected chi connectivity index (χ1v) is 6.32. The van der Waals surface area contributed by atoms with Crippen LogP contribution in [0.2, 0.25) is 0 Å². The van der Waals surface area contributed by atoms with Gasteiger partial charge in [0, 0.05) is 10.9 Å². The first-order valence-electron chi connectivity index (χ1n) is 5.44. The van der Waals surface area contributed by atoms with E-state index in [0.717, 1.165) is 16.3 Å². The summed E-state index contributed by atoms with van der Waals surface area (Å²) in [5.41, 5.74) is 7.59. The zero-order valence-corrected chi connectivity index (χ0v) is 11.2. The highest BCUT2D eigenvalue weighted by Crippen LogP contribution is 2.20. The van der Waals surface area contributed by atoms with Crippen molar-refractivity contribution in [2.24, 2.45) is 5.73 Å². The normalized spacial score (nSPS) is 12.4. The summed E-state index contributed by atoms with van der Waals surface area (Å²) in [4.78, 5) is 16.1. The Kier molecular flexibility index (Phi) is 3.44.